The van der Waals surface area contributed by atoms with Crippen molar-refractivity contribution in [3.63, 3.8) is 0 Å². The summed E-state index contributed by atoms with van der Waals surface area (Å²) < 4.78 is 1.89. The molecule has 1 aliphatic heterocycles. The predicted octanol–water partition coefficient (Wildman–Crippen LogP) is 2.48. The van der Waals surface area contributed by atoms with Gasteiger partial charge in [-0.15, -0.1) is 0 Å². The number of piperazine rings is 1. The Labute approximate surface area is 171 Å². The fraction of sp³-hybridized carbons (Fsp3) is 0.318. The molecular weight excluding hydrogens is 364 g/mol. The summed E-state index contributed by atoms with van der Waals surface area (Å²) in [6, 6.07) is 12.1. The third kappa shape index (κ3) is 4.46. The van der Waals surface area contributed by atoms with E-state index in [9.17, 15) is 4.79 Å². The van der Waals surface area contributed by atoms with E-state index in [1.807, 2.05) is 47.0 Å². The van der Waals surface area contributed by atoms with Crippen molar-refractivity contribution in [2.75, 3.05) is 38.5 Å². The van der Waals surface area contributed by atoms with Crippen LogP contribution in [0.1, 0.15) is 16.1 Å². The van der Waals surface area contributed by atoms with Crippen molar-refractivity contribution < 1.29 is 4.79 Å². The van der Waals surface area contributed by atoms with Gasteiger partial charge >= 0.3 is 0 Å². The summed E-state index contributed by atoms with van der Waals surface area (Å²) in [5, 5.41) is 3.23. The number of carbonyl (C=O) groups is 1. The first-order chi connectivity index (χ1) is 14.1. The number of carbonyl (C=O) groups excluding carboxylic acids is 1. The van der Waals surface area contributed by atoms with E-state index in [0.29, 0.717) is 18.2 Å². The molecule has 0 radical (unpaired) electrons. The molecule has 3 aromatic rings. The molecule has 0 bridgehead atoms. The second-order valence-electron chi connectivity index (χ2n) is 7.45. The van der Waals surface area contributed by atoms with E-state index >= 15 is 0 Å². The molecule has 1 amide bonds. The SMILES string of the molecule is CN1CCN(C(=O)c2cc(-c3cnc(NCc4ccccc4)nc3)cn2C)CC1. The highest BCUT2D eigenvalue weighted by Gasteiger charge is 2.23. The van der Waals surface area contributed by atoms with E-state index < -0.39 is 0 Å². The Kier molecular flexibility index (Phi) is 5.57. The molecule has 1 saturated heterocycles. The summed E-state index contributed by atoms with van der Waals surface area (Å²) in [5.41, 5.74) is 3.70. The Morgan fingerprint density at radius 1 is 1.00 bits per heavy atom. The fourth-order valence-electron chi connectivity index (χ4n) is 3.45. The number of benzene rings is 1. The molecule has 7 nitrogen and oxygen atoms in total. The van der Waals surface area contributed by atoms with Crippen LogP contribution in [0.5, 0.6) is 0 Å². The zero-order valence-electron chi connectivity index (χ0n) is 16.9. The third-order valence-electron chi connectivity index (χ3n) is 5.29. The summed E-state index contributed by atoms with van der Waals surface area (Å²) in [7, 11) is 3.99. The number of hydrogen-bond donors (Lipinski definition) is 1. The second kappa shape index (κ2) is 8.45. The second-order valence-corrected chi connectivity index (χ2v) is 7.45. The zero-order chi connectivity index (χ0) is 20.2. The van der Waals surface area contributed by atoms with Crippen molar-refractivity contribution in [1.29, 1.82) is 0 Å². The van der Waals surface area contributed by atoms with Crippen LogP contribution in [-0.2, 0) is 13.6 Å². The standard InChI is InChI=1S/C22H26N6O/c1-26-8-10-28(11-9-26)21(29)20-12-18(16-27(20)2)19-14-24-22(25-15-19)23-13-17-6-4-3-5-7-17/h3-7,12,14-16H,8-11,13H2,1-2H3,(H,23,24,25). The van der Waals surface area contributed by atoms with Crippen LogP contribution in [0.25, 0.3) is 11.1 Å². The maximum Gasteiger partial charge on any atom is 0.270 e. The third-order valence-corrected chi connectivity index (χ3v) is 5.29. The average Bonchev–Trinajstić information content (AvgIpc) is 3.15. The highest BCUT2D eigenvalue weighted by Crippen LogP contribution is 2.22. The molecule has 2 aromatic heterocycles. The van der Waals surface area contributed by atoms with Crippen molar-refractivity contribution in [3.05, 3.63) is 66.2 Å². The monoisotopic (exact) mass is 390 g/mol. The van der Waals surface area contributed by atoms with E-state index in [1.165, 1.54) is 5.56 Å². The summed E-state index contributed by atoms with van der Waals surface area (Å²) >= 11 is 0. The average molecular weight is 390 g/mol. The van der Waals surface area contributed by atoms with Gasteiger partial charge in [-0.3, -0.25) is 4.79 Å². The topological polar surface area (TPSA) is 66.3 Å². The van der Waals surface area contributed by atoms with Gasteiger partial charge in [-0.25, -0.2) is 9.97 Å². The number of nitrogens with zero attached hydrogens (tertiary/aromatic N) is 5. The molecular formula is C22H26N6O. The van der Waals surface area contributed by atoms with E-state index in [2.05, 4.69) is 39.4 Å². The molecule has 0 unspecified atom stereocenters. The molecule has 1 aliphatic rings. The van der Waals surface area contributed by atoms with Gasteiger partial charge in [0.2, 0.25) is 5.95 Å². The predicted molar refractivity (Wildman–Crippen MR) is 114 cm³/mol. The summed E-state index contributed by atoms with van der Waals surface area (Å²) in [4.78, 5) is 25.9. The maximum absolute atomic E-state index is 12.9. The fourth-order valence-corrected chi connectivity index (χ4v) is 3.45. The summed E-state index contributed by atoms with van der Waals surface area (Å²) in [5.74, 6) is 0.663. The minimum atomic E-state index is 0.0777. The highest BCUT2D eigenvalue weighted by molar-refractivity contribution is 5.94. The van der Waals surface area contributed by atoms with Gasteiger partial charge in [-0.1, -0.05) is 30.3 Å². The molecule has 0 atom stereocenters. The van der Waals surface area contributed by atoms with Gasteiger partial charge in [0.15, 0.2) is 0 Å². The lowest BCUT2D eigenvalue weighted by Gasteiger charge is -2.32. The first-order valence-electron chi connectivity index (χ1n) is 9.84. The quantitative estimate of drug-likeness (QED) is 0.725. The zero-order valence-corrected chi connectivity index (χ0v) is 16.9. The number of amides is 1. The van der Waals surface area contributed by atoms with Gasteiger partial charge < -0.3 is 19.7 Å². The number of likely N-dealkylation sites (N-methyl/N-ethyl adjacent to an activating group) is 1. The van der Waals surface area contributed by atoms with Crippen molar-refractivity contribution in [3.8, 4) is 11.1 Å². The Bertz CT molecular complexity index is 959. The Balaban J connectivity index is 1.43. The normalized spacial score (nSPS) is 14.8. The van der Waals surface area contributed by atoms with Crippen LogP contribution in [0.4, 0.5) is 5.95 Å². The van der Waals surface area contributed by atoms with Crippen molar-refractivity contribution in [2.24, 2.45) is 7.05 Å². The number of hydrogen-bond acceptors (Lipinski definition) is 5. The molecule has 0 saturated carbocycles. The minimum absolute atomic E-state index is 0.0777. The number of rotatable bonds is 5. The first-order valence-corrected chi connectivity index (χ1v) is 9.84. The maximum atomic E-state index is 12.9. The molecule has 29 heavy (non-hydrogen) atoms. The number of aromatic nitrogens is 3. The Morgan fingerprint density at radius 2 is 1.69 bits per heavy atom. The Morgan fingerprint density at radius 3 is 2.38 bits per heavy atom. The molecule has 4 rings (SSSR count). The van der Waals surface area contributed by atoms with Crippen LogP contribution in [0.15, 0.2) is 55.0 Å². The number of nitrogens with one attached hydrogen (secondary N) is 1. The summed E-state index contributed by atoms with van der Waals surface area (Å²) in [6.45, 7) is 4.03. The van der Waals surface area contributed by atoms with Crippen LogP contribution >= 0.6 is 0 Å². The van der Waals surface area contributed by atoms with Gasteiger partial charge in [-0.05, 0) is 18.7 Å². The minimum Gasteiger partial charge on any atom is -0.350 e. The molecule has 1 fully saturated rings. The molecule has 3 heterocycles. The van der Waals surface area contributed by atoms with E-state index in [0.717, 1.165) is 37.3 Å². The molecule has 0 spiro atoms. The smallest absolute Gasteiger partial charge is 0.270 e. The van der Waals surface area contributed by atoms with Crippen molar-refractivity contribution in [1.82, 2.24) is 24.3 Å². The van der Waals surface area contributed by atoms with Crippen LogP contribution in [0, 0.1) is 0 Å². The lowest BCUT2D eigenvalue weighted by molar-refractivity contribution is 0.0654. The van der Waals surface area contributed by atoms with Crippen LogP contribution in [0.2, 0.25) is 0 Å². The van der Waals surface area contributed by atoms with Gasteiger partial charge in [-0.2, -0.15) is 0 Å². The molecule has 0 aliphatic carbocycles. The molecule has 7 heteroatoms. The lowest BCUT2D eigenvalue weighted by atomic mass is 10.2. The van der Waals surface area contributed by atoms with Gasteiger partial charge in [0.1, 0.15) is 5.69 Å². The van der Waals surface area contributed by atoms with E-state index in [1.54, 1.807) is 12.4 Å². The molecule has 1 N–H and O–H groups in total. The van der Waals surface area contributed by atoms with Gasteiger partial charge in [0.05, 0.1) is 0 Å². The lowest BCUT2D eigenvalue weighted by Crippen LogP contribution is -2.47. The van der Waals surface area contributed by atoms with E-state index in [-0.39, 0.29) is 5.91 Å². The Hall–Kier alpha value is -3.19. The molecule has 150 valence electrons. The van der Waals surface area contributed by atoms with Gasteiger partial charge in [0.25, 0.3) is 5.91 Å². The van der Waals surface area contributed by atoms with Crippen LogP contribution in [-0.4, -0.2) is 63.5 Å². The van der Waals surface area contributed by atoms with Crippen molar-refractivity contribution in [2.45, 2.75) is 6.54 Å². The highest BCUT2D eigenvalue weighted by atomic mass is 16.2. The largest absolute Gasteiger partial charge is 0.350 e. The van der Waals surface area contributed by atoms with Crippen LogP contribution < -0.4 is 5.32 Å². The first kappa shape index (κ1) is 19.1. The van der Waals surface area contributed by atoms with Crippen molar-refractivity contribution >= 4 is 11.9 Å². The van der Waals surface area contributed by atoms with E-state index in [4.69, 9.17) is 0 Å². The number of anilines is 1. The van der Waals surface area contributed by atoms with Crippen LogP contribution in [0.3, 0.4) is 0 Å². The number of aryl methyl sites for hydroxylation is 1. The van der Waals surface area contributed by atoms with Gasteiger partial charge in [0, 0.05) is 69.5 Å². The molecule has 1 aromatic carbocycles. The summed E-state index contributed by atoms with van der Waals surface area (Å²) in [6.07, 6.45) is 5.54.